The number of aryl methyl sites for hydroxylation is 1. The summed E-state index contributed by atoms with van der Waals surface area (Å²) in [4.78, 5) is 43.2. The van der Waals surface area contributed by atoms with Crippen LogP contribution in [-0.4, -0.2) is 52.1 Å². The fourth-order valence-electron chi connectivity index (χ4n) is 3.95. The average molecular weight is 465 g/mol. The third kappa shape index (κ3) is 4.08. The molecule has 34 heavy (non-hydrogen) atoms. The van der Waals surface area contributed by atoms with Crippen molar-refractivity contribution in [2.45, 2.75) is 32.5 Å². The van der Waals surface area contributed by atoms with Crippen LogP contribution in [0.1, 0.15) is 55.4 Å². The summed E-state index contributed by atoms with van der Waals surface area (Å²) < 4.78 is 29.6. The molecule has 3 heterocycles. The predicted octanol–water partition coefficient (Wildman–Crippen LogP) is 3.32. The van der Waals surface area contributed by atoms with E-state index in [1.54, 1.807) is 19.1 Å². The van der Waals surface area contributed by atoms with Crippen molar-refractivity contribution in [2.24, 2.45) is 0 Å². The fourth-order valence-corrected chi connectivity index (χ4v) is 3.95. The maximum atomic E-state index is 13.8. The van der Waals surface area contributed by atoms with Gasteiger partial charge in [0, 0.05) is 12.2 Å². The summed E-state index contributed by atoms with van der Waals surface area (Å²) in [6.45, 7) is 2.14. The maximum absolute atomic E-state index is 13.8. The number of fused-ring (bicyclic) bond motifs is 1. The second kappa shape index (κ2) is 8.79. The van der Waals surface area contributed by atoms with E-state index in [0.29, 0.717) is 17.7 Å². The van der Waals surface area contributed by atoms with E-state index in [0.717, 1.165) is 17.7 Å². The third-order valence-corrected chi connectivity index (χ3v) is 5.84. The molecule has 2 aliphatic heterocycles. The number of imide groups is 1. The molecule has 0 saturated carbocycles. The summed E-state index contributed by atoms with van der Waals surface area (Å²) >= 11 is 0. The van der Waals surface area contributed by atoms with Crippen LogP contribution in [0.15, 0.2) is 40.9 Å². The number of aromatic nitrogens is 2. The number of hydrogen-bond donors (Lipinski definition) is 0. The molecule has 0 unspecified atom stereocenters. The van der Waals surface area contributed by atoms with E-state index in [9.17, 15) is 18.8 Å². The summed E-state index contributed by atoms with van der Waals surface area (Å²) in [5.41, 5.74) is 1.43. The number of carbonyl (C=O) groups is 3. The SMILES string of the molecule is Cc1ccc(-c2noc(COC(=O)c3ccc4c(c3)C(=O)N(C[C@H]3CCCO3)C4=O)n2)cc1F. The van der Waals surface area contributed by atoms with Crippen LogP contribution in [0.5, 0.6) is 0 Å². The van der Waals surface area contributed by atoms with E-state index in [2.05, 4.69) is 10.1 Å². The Morgan fingerprint density at radius 1 is 1.18 bits per heavy atom. The molecule has 2 aromatic carbocycles. The van der Waals surface area contributed by atoms with Crippen LogP contribution in [0.25, 0.3) is 11.4 Å². The second-order valence-electron chi connectivity index (χ2n) is 8.17. The van der Waals surface area contributed by atoms with Gasteiger partial charge in [0.2, 0.25) is 5.82 Å². The zero-order valence-corrected chi connectivity index (χ0v) is 18.2. The Bertz CT molecular complexity index is 1300. The molecule has 0 spiro atoms. The van der Waals surface area contributed by atoms with Gasteiger partial charge in [-0.1, -0.05) is 17.3 Å². The van der Waals surface area contributed by atoms with Crippen molar-refractivity contribution in [2.75, 3.05) is 13.2 Å². The molecule has 3 aromatic rings. The molecule has 174 valence electrons. The minimum absolute atomic E-state index is 0.0273. The van der Waals surface area contributed by atoms with Crippen LogP contribution in [0.4, 0.5) is 4.39 Å². The smallest absolute Gasteiger partial charge is 0.338 e. The molecule has 5 rings (SSSR count). The predicted molar refractivity (Wildman–Crippen MR) is 114 cm³/mol. The van der Waals surface area contributed by atoms with Gasteiger partial charge in [0.25, 0.3) is 17.7 Å². The minimum atomic E-state index is -0.721. The maximum Gasteiger partial charge on any atom is 0.338 e. The van der Waals surface area contributed by atoms with Gasteiger partial charge in [0.1, 0.15) is 5.82 Å². The molecular formula is C24H20FN3O6. The molecule has 0 aliphatic carbocycles. The minimum Gasteiger partial charge on any atom is -0.452 e. The van der Waals surface area contributed by atoms with Crippen molar-refractivity contribution in [3.8, 4) is 11.4 Å². The van der Waals surface area contributed by atoms with Gasteiger partial charge in [-0.05, 0) is 49.6 Å². The molecule has 2 aliphatic rings. The highest BCUT2D eigenvalue weighted by Gasteiger charge is 2.38. The Labute approximate surface area is 193 Å². The molecular weight excluding hydrogens is 445 g/mol. The fraction of sp³-hybridized carbons (Fsp3) is 0.292. The van der Waals surface area contributed by atoms with Gasteiger partial charge in [-0.2, -0.15) is 4.98 Å². The van der Waals surface area contributed by atoms with E-state index in [4.69, 9.17) is 14.0 Å². The van der Waals surface area contributed by atoms with Crippen LogP contribution < -0.4 is 0 Å². The lowest BCUT2D eigenvalue weighted by Crippen LogP contribution is -2.36. The first-order chi connectivity index (χ1) is 16.4. The number of rotatable bonds is 6. The summed E-state index contributed by atoms with van der Waals surface area (Å²) in [6.07, 6.45) is 1.52. The molecule has 1 fully saturated rings. The highest BCUT2D eigenvalue weighted by atomic mass is 19.1. The largest absolute Gasteiger partial charge is 0.452 e. The topological polar surface area (TPSA) is 112 Å². The molecule has 1 aromatic heterocycles. The number of amides is 2. The van der Waals surface area contributed by atoms with E-state index in [1.165, 1.54) is 24.3 Å². The van der Waals surface area contributed by atoms with Crippen molar-refractivity contribution < 1.29 is 32.8 Å². The Hall–Kier alpha value is -3.92. The van der Waals surface area contributed by atoms with E-state index in [-0.39, 0.29) is 47.7 Å². The van der Waals surface area contributed by atoms with Crippen molar-refractivity contribution in [1.82, 2.24) is 15.0 Å². The number of benzene rings is 2. The van der Waals surface area contributed by atoms with Crippen LogP contribution in [0, 0.1) is 12.7 Å². The Balaban J connectivity index is 1.25. The molecule has 1 saturated heterocycles. The lowest BCUT2D eigenvalue weighted by molar-refractivity contribution is 0.0429. The molecule has 10 heteroatoms. The summed E-state index contributed by atoms with van der Waals surface area (Å²) in [7, 11) is 0. The number of esters is 1. The van der Waals surface area contributed by atoms with E-state index in [1.807, 2.05) is 0 Å². The zero-order chi connectivity index (χ0) is 23.8. The van der Waals surface area contributed by atoms with Gasteiger partial charge in [-0.25, -0.2) is 9.18 Å². The van der Waals surface area contributed by atoms with Crippen LogP contribution in [0.3, 0.4) is 0 Å². The second-order valence-corrected chi connectivity index (χ2v) is 8.17. The highest BCUT2D eigenvalue weighted by Crippen LogP contribution is 2.26. The highest BCUT2D eigenvalue weighted by molar-refractivity contribution is 6.22. The molecule has 2 amide bonds. The number of ether oxygens (including phenoxy) is 2. The first-order valence-corrected chi connectivity index (χ1v) is 10.8. The number of halogens is 1. The third-order valence-electron chi connectivity index (χ3n) is 5.84. The lowest BCUT2D eigenvalue weighted by Gasteiger charge is -2.17. The van der Waals surface area contributed by atoms with Gasteiger partial charge in [0.15, 0.2) is 6.61 Å². The first-order valence-electron chi connectivity index (χ1n) is 10.8. The van der Waals surface area contributed by atoms with Crippen molar-refractivity contribution in [3.63, 3.8) is 0 Å². The molecule has 1 atom stereocenters. The number of hydrogen-bond acceptors (Lipinski definition) is 8. The lowest BCUT2D eigenvalue weighted by atomic mass is 10.1. The quantitative estimate of drug-likeness (QED) is 0.403. The standard InChI is InChI=1S/C24H20FN3O6/c1-13-4-5-14(10-19(13)25)21-26-20(34-27-21)12-33-24(31)15-6-7-17-18(9-15)23(30)28(22(17)29)11-16-3-2-8-32-16/h4-7,9-10,16H,2-3,8,11-12H2,1H3/t16-/m1/s1. The van der Waals surface area contributed by atoms with Crippen molar-refractivity contribution >= 4 is 17.8 Å². The van der Waals surface area contributed by atoms with E-state index < -0.39 is 23.6 Å². The van der Waals surface area contributed by atoms with Crippen LogP contribution >= 0.6 is 0 Å². The summed E-state index contributed by atoms with van der Waals surface area (Å²) in [5.74, 6) is -1.79. The molecule has 0 N–H and O–H groups in total. The van der Waals surface area contributed by atoms with Crippen molar-refractivity contribution in [1.29, 1.82) is 0 Å². The monoisotopic (exact) mass is 465 g/mol. The van der Waals surface area contributed by atoms with Gasteiger partial charge < -0.3 is 14.0 Å². The Kier molecular flexibility index (Phi) is 5.66. The van der Waals surface area contributed by atoms with E-state index >= 15 is 0 Å². The average Bonchev–Trinajstić information content (AvgIpc) is 3.57. The first kappa shape index (κ1) is 21.9. The van der Waals surface area contributed by atoms with Crippen molar-refractivity contribution in [3.05, 3.63) is 70.4 Å². The Morgan fingerprint density at radius 2 is 2.00 bits per heavy atom. The number of nitrogens with zero attached hydrogens (tertiary/aromatic N) is 3. The molecule has 9 nitrogen and oxygen atoms in total. The normalized spacial score (nSPS) is 17.4. The summed E-state index contributed by atoms with van der Waals surface area (Å²) in [6, 6.07) is 8.77. The van der Waals surface area contributed by atoms with Gasteiger partial charge in [0.05, 0.1) is 29.3 Å². The van der Waals surface area contributed by atoms with Gasteiger partial charge in [-0.3, -0.25) is 14.5 Å². The van der Waals surface area contributed by atoms with Crippen LogP contribution in [0.2, 0.25) is 0 Å². The van der Waals surface area contributed by atoms with Gasteiger partial charge in [-0.15, -0.1) is 0 Å². The molecule has 0 radical (unpaired) electrons. The van der Waals surface area contributed by atoms with Gasteiger partial charge >= 0.3 is 5.97 Å². The zero-order valence-electron chi connectivity index (χ0n) is 18.2. The summed E-state index contributed by atoms with van der Waals surface area (Å²) in [5, 5.41) is 3.78. The van der Waals surface area contributed by atoms with Crippen LogP contribution in [-0.2, 0) is 16.1 Å². The molecule has 0 bridgehead atoms. The number of carbonyl (C=O) groups excluding carboxylic acids is 3. The Morgan fingerprint density at radius 3 is 2.76 bits per heavy atom.